The quantitative estimate of drug-likeness (QED) is 0.288. The number of nitrogens with zero attached hydrogens (tertiary/aromatic N) is 7. The normalized spacial score (nSPS) is 19.3. The summed E-state index contributed by atoms with van der Waals surface area (Å²) in [4.78, 5) is 33.8. The van der Waals surface area contributed by atoms with E-state index in [0.29, 0.717) is 30.1 Å². The molecule has 6 rings (SSSR count). The van der Waals surface area contributed by atoms with E-state index < -0.39 is 11.7 Å². The highest BCUT2D eigenvalue weighted by Gasteiger charge is 2.28. The topological polar surface area (TPSA) is 112 Å². The molecule has 4 heterocycles. The molecule has 1 saturated heterocycles. The fourth-order valence-electron chi connectivity index (χ4n) is 6.34. The molecule has 12 heteroatoms. The van der Waals surface area contributed by atoms with E-state index in [2.05, 4.69) is 60.8 Å². The first kappa shape index (κ1) is 30.9. The highest BCUT2D eigenvalue weighted by atomic mass is 19.1. The van der Waals surface area contributed by atoms with Gasteiger partial charge in [-0.1, -0.05) is 0 Å². The fourth-order valence-corrected chi connectivity index (χ4v) is 6.34. The average molecular weight is 617 g/mol. The predicted octanol–water partition coefficient (Wildman–Crippen LogP) is 4.05. The van der Waals surface area contributed by atoms with Gasteiger partial charge in [0, 0.05) is 69.6 Å². The van der Waals surface area contributed by atoms with E-state index in [1.54, 1.807) is 12.3 Å². The first-order valence-corrected chi connectivity index (χ1v) is 15.6. The van der Waals surface area contributed by atoms with Gasteiger partial charge in [0.2, 0.25) is 5.95 Å². The molecule has 0 radical (unpaired) electrons. The molecule has 1 saturated carbocycles. The number of ether oxygens (including phenoxy) is 1. The number of anilines is 2. The number of rotatable bonds is 9. The number of carbonyl (C=O) groups is 1. The van der Waals surface area contributed by atoms with Gasteiger partial charge in [0.15, 0.2) is 5.82 Å². The van der Waals surface area contributed by atoms with Crippen LogP contribution >= 0.6 is 0 Å². The molecule has 45 heavy (non-hydrogen) atoms. The Labute approximate surface area is 262 Å². The third-order valence-corrected chi connectivity index (χ3v) is 8.92. The van der Waals surface area contributed by atoms with Gasteiger partial charge in [0.1, 0.15) is 11.4 Å². The van der Waals surface area contributed by atoms with Gasteiger partial charge < -0.3 is 24.2 Å². The second-order valence-corrected chi connectivity index (χ2v) is 12.1. The van der Waals surface area contributed by atoms with Crippen molar-refractivity contribution >= 4 is 28.6 Å². The van der Waals surface area contributed by atoms with Crippen LogP contribution in [0.2, 0.25) is 0 Å². The van der Waals surface area contributed by atoms with Crippen LogP contribution in [0, 0.1) is 5.82 Å². The maximum absolute atomic E-state index is 15.8. The van der Waals surface area contributed by atoms with Crippen molar-refractivity contribution in [1.82, 2.24) is 29.3 Å². The van der Waals surface area contributed by atoms with E-state index in [9.17, 15) is 9.90 Å². The van der Waals surface area contributed by atoms with Crippen LogP contribution in [0.15, 0.2) is 48.9 Å². The van der Waals surface area contributed by atoms with E-state index in [4.69, 9.17) is 9.72 Å². The lowest BCUT2D eigenvalue weighted by molar-refractivity contribution is 0.101. The molecule has 2 N–H and O–H groups in total. The molecule has 1 amide bonds. The number of amides is 1. The van der Waals surface area contributed by atoms with Gasteiger partial charge >= 0.3 is 0 Å². The Bertz CT molecular complexity index is 1640. The number of hydrogen-bond donors (Lipinski definition) is 2. The lowest BCUT2D eigenvalue weighted by atomic mass is 9.93. The summed E-state index contributed by atoms with van der Waals surface area (Å²) in [6, 6.07) is 9.24. The Hall–Kier alpha value is -4.13. The molecular weight excluding hydrogens is 575 g/mol. The largest absolute Gasteiger partial charge is 0.496 e. The van der Waals surface area contributed by atoms with Crippen LogP contribution in [0.5, 0.6) is 5.75 Å². The zero-order valence-electron chi connectivity index (χ0n) is 26.1. The molecule has 238 valence electrons. The third kappa shape index (κ3) is 6.63. The molecule has 1 aromatic carbocycles. The number of nitrogens with one attached hydrogen (secondary N) is 1. The van der Waals surface area contributed by atoms with Crippen molar-refractivity contribution in [3.63, 3.8) is 0 Å². The molecule has 0 unspecified atom stereocenters. The van der Waals surface area contributed by atoms with E-state index in [0.717, 1.165) is 68.8 Å². The molecule has 0 bridgehead atoms. The van der Waals surface area contributed by atoms with Crippen molar-refractivity contribution in [1.29, 1.82) is 0 Å². The van der Waals surface area contributed by atoms with Crippen LogP contribution in [0.1, 0.15) is 42.1 Å². The average Bonchev–Trinajstić information content (AvgIpc) is 3.41. The van der Waals surface area contributed by atoms with Gasteiger partial charge in [-0.3, -0.25) is 25.0 Å². The summed E-state index contributed by atoms with van der Waals surface area (Å²) in [6.45, 7) is 5.95. The van der Waals surface area contributed by atoms with Gasteiger partial charge in [-0.25, -0.2) is 9.37 Å². The SMILES string of the molecule is COc1ccncc1-c1nccc(C(=O)Nc2nc3ccc(N4CCN(CCN(C)C)CC4)cc3n2[C@H]2CC[C@@H](O)CC2)c1F. The van der Waals surface area contributed by atoms with E-state index >= 15 is 4.39 Å². The Morgan fingerprint density at radius 2 is 1.87 bits per heavy atom. The summed E-state index contributed by atoms with van der Waals surface area (Å²) >= 11 is 0. The molecule has 2 fully saturated rings. The lowest BCUT2D eigenvalue weighted by Gasteiger charge is -2.36. The molecule has 11 nitrogen and oxygen atoms in total. The van der Waals surface area contributed by atoms with Crippen LogP contribution in [-0.4, -0.2) is 107 Å². The maximum Gasteiger partial charge on any atom is 0.261 e. The summed E-state index contributed by atoms with van der Waals surface area (Å²) in [5, 5.41) is 13.1. The standard InChI is InChI=1S/C33H41FN8O3/c1-39(2)14-15-40-16-18-41(19-17-40)23-6-9-27-28(20-23)42(22-4-7-24(43)8-5-22)33(37-27)38-32(44)25-10-13-36-31(30(25)34)26-21-35-12-11-29(26)45-3/h6,9-13,20-22,24,43H,4-5,7-8,14-19H2,1-3H3,(H,37,38,44)/t22-,24+. The van der Waals surface area contributed by atoms with E-state index in [-0.39, 0.29) is 23.4 Å². The number of aromatic nitrogens is 4. The second kappa shape index (κ2) is 13.5. The summed E-state index contributed by atoms with van der Waals surface area (Å²) < 4.78 is 23.3. The summed E-state index contributed by atoms with van der Waals surface area (Å²) in [5.41, 5.74) is 2.95. The number of piperazine rings is 1. The number of aliphatic hydroxyl groups excluding tert-OH is 1. The molecule has 4 aromatic rings. The number of hydrogen-bond acceptors (Lipinski definition) is 9. The van der Waals surface area contributed by atoms with Gasteiger partial charge in [-0.15, -0.1) is 0 Å². The minimum Gasteiger partial charge on any atom is -0.496 e. The highest BCUT2D eigenvalue weighted by molar-refractivity contribution is 6.05. The third-order valence-electron chi connectivity index (χ3n) is 8.92. The minimum absolute atomic E-state index is 0.0196. The van der Waals surface area contributed by atoms with Crippen molar-refractivity contribution in [2.24, 2.45) is 0 Å². The fraction of sp³-hybridized carbons (Fsp3) is 0.455. The zero-order chi connectivity index (χ0) is 31.5. The molecule has 3 aromatic heterocycles. The van der Waals surface area contributed by atoms with Crippen LogP contribution in [0.4, 0.5) is 16.0 Å². The molecule has 1 aliphatic carbocycles. The Kier molecular flexibility index (Phi) is 9.24. The lowest BCUT2D eigenvalue weighted by Crippen LogP contribution is -2.48. The Morgan fingerprint density at radius 1 is 1.09 bits per heavy atom. The predicted molar refractivity (Wildman–Crippen MR) is 172 cm³/mol. The number of benzene rings is 1. The first-order valence-electron chi connectivity index (χ1n) is 15.6. The molecule has 0 spiro atoms. The van der Waals surface area contributed by atoms with Crippen LogP contribution in [0.25, 0.3) is 22.3 Å². The van der Waals surface area contributed by atoms with Crippen molar-refractivity contribution in [3.8, 4) is 17.0 Å². The first-order chi connectivity index (χ1) is 21.8. The molecular formula is C33H41FN8O3. The van der Waals surface area contributed by atoms with Crippen molar-refractivity contribution in [2.45, 2.75) is 37.8 Å². The van der Waals surface area contributed by atoms with E-state index in [1.165, 1.54) is 25.6 Å². The van der Waals surface area contributed by atoms with Gasteiger partial charge in [-0.05, 0) is 70.1 Å². The molecule has 1 aliphatic heterocycles. The van der Waals surface area contributed by atoms with Crippen LogP contribution < -0.4 is 15.0 Å². The summed E-state index contributed by atoms with van der Waals surface area (Å²) in [6.07, 6.45) is 6.91. The number of carbonyl (C=O) groups excluding carboxylic acids is 1. The van der Waals surface area contributed by atoms with Crippen LogP contribution in [0.3, 0.4) is 0 Å². The van der Waals surface area contributed by atoms with Crippen molar-refractivity contribution in [2.75, 3.05) is 70.7 Å². The smallest absolute Gasteiger partial charge is 0.261 e. The van der Waals surface area contributed by atoms with Gasteiger partial charge in [0.25, 0.3) is 5.91 Å². The summed E-state index contributed by atoms with van der Waals surface area (Å²) in [7, 11) is 5.69. The molecule has 0 atom stereocenters. The number of halogens is 1. The monoisotopic (exact) mass is 616 g/mol. The second-order valence-electron chi connectivity index (χ2n) is 12.1. The molecule has 2 aliphatic rings. The zero-order valence-corrected chi connectivity index (χ0v) is 26.1. The number of methoxy groups -OCH3 is 1. The number of aliphatic hydroxyl groups is 1. The minimum atomic E-state index is -0.767. The Morgan fingerprint density at radius 3 is 2.60 bits per heavy atom. The number of fused-ring (bicyclic) bond motifs is 1. The van der Waals surface area contributed by atoms with Gasteiger partial charge in [0.05, 0.1) is 35.4 Å². The van der Waals surface area contributed by atoms with Crippen molar-refractivity contribution in [3.05, 3.63) is 60.3 Å². The van der Waals surface area contributed by atoms with Gasteiger partial charge in [-0.2, -0.15) is 0 Å². The highest BCUT2D eigenvalue weighted by Crippen LogP contribution is 2.36. The van der Waals surface area contributed by atoms with Crippen molar-refractivity contribution < 1.29 is 19.0 Å². The Balaban J connectivity index is 1.30. The van der Waals surface area contributed by atoms with Crippen LogP contribution in [-0.2, 0) is 0 Å². The maximum atomic E-state index is 15.8. The number of likely N-dealkylation sites (N-methyl/N-ethyl adjacent to an activating group) is 1. The number of pyridine rings is 2. The number of imidazole rings is 1. The summed E-state index contributed by atoms with van der Waals surface area (Å²) in [5.74, 6) is -0.628. The van der Waals surface area contributed by atoms with E-state index in [1.807, 2.05) is 6.07 Å².